The van der Waals surface area contributed by atoms with Crippen LogP contribution in [0.5, 0.6) is 11.5 Å². The Morgan fingerprint density at radius 3 is 1.51 bits per heavy atom. The van der Waals surface area contributed by atoms with Crippen molar-refractivity contribution in [2.75, 3.05) is 35.3 Å². The van der Waals surface area contributed by atoms with Crippen LogP contribution >= 0.6 is 0 Å². The molecule has 0 radical (unpaired) electrons. The Morgan fingerprint density at radius 1 is 0.632 bits per heavy atom. The number of hydrogen-bond acceptors (Lipinski definition) is 8. The maximum Gasteiger partial charge on any atom is 0.253 e. The monoisotopic (exact) mass is 768 g/mol. The predicted octanol–water partition coefficient (Wildman–Crippen LogP) is 7.65. The first-order chi connectivity index (χ1) is 26.4. The van der Waals surface area contributed by atoms with Crippen LogP contribution < -0.4 is 4.74 Å². The van der Waals surface area contributed by atoms with Crippen LogP contribution in [-0.4, -0.2) is 102 Å². The zero-order valence-electron chi connectivity index (χ0n) is 31.5. The Bertz CT molecular complexity index is 2670. The number of methoxy groups -OCH3 is 1. The summed E-state index contributed by atoms with van der Waals surface area (Å²) in [6.07, 6.45) is 0. The molecular formula is C43H48N10O4. The van der Waals surface area contributed by atoms with Gasteiger partial charge in [0.1, 0.15) is 22.8 Å². The van der Waals surface area contributed by atoms with Crippen LogP contribution in [0.15, 0.2) is 97.1 Å². The van der Waals surface area contributed by atoms with Crippen molar-refractivity contribution in [3.63, 3.8) is 0 Å². The molecule has 3 N–H and O–H groups in total. The molecule has 57 heavy (non-hydrogen) atoms. The molecule has 0 saturated heterocycles. The third-order valence-electron chi connectivity index (χ3n) is 9.04. The normalized spacial score (nSPS) is 10.6. The molecule has 4 aromatic heterocycles. The molecule has 8 aromatic rings. The van der Waals surface area contributed by atoms with Crippen LogP contribution in [0, 0.1) is 0 Å². The number of aromatic hydroxyl groups is 1. The Kier molecular flexibility index (Phi) is 12.0. The van der Waals surface area contributed by atoms with E-state index in [1.54, 1.807) is 80.9 Å². The molecule has 0 aliphatic carbocycles. The minimum absolute atomic E-state index is 0. The molecule has 0 atom stereocenters. The highest BCUT2D eigenvalue weighted by atomic mass is 16.5. The molecule has 4 heterocycles. The molecule has 8 rings (SSSR count). The van der Waals surface area contributed by atoms with Gasteiger partial charge in [0.2, 0.25) is 0 Å². The van der Waals surface area contributed by atoms with Crippen LogP contribution in [0.4, 0.5) is 0 Å². The van der Waals surface area contributed by atoms with E-state index in [4.69, 9.17) is 4.74 Å². The first-order valence-corrected chi connectivity index (χ1v) is 17.4. The minimum Gasteiger partial charge on any atom is -0.504 e. The van der Waals surface area contributed by atoms with Crippen LogP contribution in [0.1, 0.15) is 35.6 Å². The van der Waals surface area contributed by atoms with Gasteiger partial charge in [0, 0.05) is 64.5 Å². The smallest absolute Gasteiger partial charge is 0.253 e. The van der Waals surface area contributed by atoms with Crippen molar-refractivity contribution in [1.82, 2.24) is 49.3 Å². The summed E-state index contributed by atoms with van der Waals surface area (Å²) >= 11 is 0. The average Bonchev–Trinajstić information content (AvgIpc) is 3.96. The second-order valence-corrected chi connectivity index (χ2v) is 13.3. The lowest BCUT2D eigenvalue weighted by Gasteiger charge is -2.09. The summed E-state index contributed by atoms with van der Waals surface area (Å²) in [5.41, 5.74) is 8.45. The number of amides is 2. The zero-order chi connectivity index (χ0) is 39.0. The lowest BCUT2D eigenvalue weighted by Crippen LogP contribution is -2.21. The number of rotatable bonds is 7. The van der Waals surface area contributed by atoms with Crippen molar-refractivity contribution < 1.29 is 19.4 Å². The number of aryl methyl sites for hydroxylation is 2. The summed E-state index contributed by atoms with van der Waals surface area (Å²) in [6.45, 7) is 0. The van der Waals surface area contributed by atoms with E-state index in [2.05, 4.69) is 30.1 Å². The number of fused-ring (bicyclic) bond motifs is 2. The molecule has 0 aliphatic heterocycles. The molecule has 0 bridgehead atoms. The number of carbonyl (C=O) groups excluding carboxylic acids is 2. The van der Waals surface area contributed by atoms with Gasteiger partial charge in [-0.2, -0.15) is 10.2 Å². The number of aromatic nitrogens is 8. The van der Waals surface area contributed by atoms with E-state index in [0.717, 1.165) is 39.1 Å². The largest absolute Gasteiger partial charge is 0.504 e. The van der Waals surface area contributed by atoms with Gasteiger partial charge in [-0.25, -0.2) is 9.97 Å². The molecule has 14 nitrogen and oxygen atoms in total. The second kappa shape index (κ2) is 16.7. The summed E-state index contributed by atoms with van der Waals surface area (Å²) < 4.78 is 9.04. The molecule has 0 unspecified atom stereocenters. The van der Waals surface area contributed by atoms with E-state index in [1.165, 1.54) is 4.90 Å². The first-order valence-electron chi connectivity index (χ1n) is 17.4. The van der Waals surface area contributed by atoms with Gasteiger partial charge in [-0.15, -0.1) is 0 Å². The van der Waals surface area contributed by atoms with Crippen LogP contribution in [0.2, 0.25) is 0 Å². The fourth-order valence-electron chi connectivity index (χ4n) is 6.34. The van der Waals surface area contributed by atoms with Crippen LogP contribution in [0.3, 0.4) is 0 Å². The lowest BCUT2D eigenvalue weighted by molar-refractivity contribution is 0.0820. The number of imidazole rings is 2. The molecule has 4 aromatic carbocycles. The van der Waals surface area contributed by atoms with E-state index in [0.29, 0.717) is 45.4 Å². The number of nitrogens with one attached hydrogen (secondary N) is 2. The summed E-state index contributed by atoms with van der Waals surface area (Å²) in [4.78, 5) is 43.2. The topological polar surface area (TPSA) is 163 Å². The first kappa shape index (κ1) is 41.0. The molecule has 2 amide bonds. The Balaban J connectivity index is 0.000000210. The van der Waals surface area contributed by atoms with Gasteiger partial charge < -0.3 is 29.6 Å². The fraction of sp³-hybridized carbons (Fsp3) is 0.209. The molecule has 0 saturated carbocycles. The maximum absolute atomic E-state index is 12.2. The van der Waals surface area contributed by atoms with Crippen molar-refractivity contribution in [1.29, 1.82) is 0 Å². The summed E-state index contributed by atoms with van der Waals surface area (Å²) in [5.74, 6) is 1.71. The van der Waals surface area contributed by atoms with Gasteiger partial charge in [-0.05, 0) is 36.4 Å². The number of aromatic amines is 2. The van der Waals surface area contributed by atoms with E-state index >= 15 is 0 Å². The molecule has 0 fully saturated rings. The van der Waals surface area contributed by atoms with Crippen LogP contribution in [-0.2, 0) is 14.1 Å². The van der Waals surface area contributed by atoms with Crippen molar-refractivity contribution in [2.45, 2.75) is 14.9 Å². The number of benzene rings is 4. The summed E-state index contributed by atoms with van der Waals surface area (Å²) in [7, 11) is 12.1. The molecule has 0 aliphatic rings. The Hall–Kier alpha value is -7.22. The third-order valence-corrected chi connectivity index (χ3v) is 9.04. The van der Waals surface area contributed by atoms with E-state index in [9.17, 15) is 14.7 Å². The summed E-state index contributed by atoms with van der Waals surface area (Å²) in [5, 5.41) is 19.8. The van der Waals surface area contributed by atoms with Crippen molar-refractivity contribution in [3.8, 4) is 57.1 Å². The fourth-order valence-corrected chi connectivity index (χ4v) is 6.34. The van der Waals surface area contributed by atoms with Gasteiger partial charge in [0.15, 0.2) is 23.1 Å². The Morgan fingerprint density at radius 2 is 1.05 bits per heavy atom. The second-order valence-electron chi connectivity index (χ2n) is 13.3. The SMILES string of the molecule is C.C.CN(C)C(=O)c1ccc2nc(-c3c(O)c(-c4ccccc4)nn3C)[nH]c2c1.COc1c(-c2ccccc2)nn(C)c1-c1nc2ccc(C(=O)N(C)C)cc2[nH]1. The summed E-state index contributed by atoms with van der Waals surface area (Å²) in [6, 6.07) is 30.1. The zero-order valence-corrected chi connectivity index (χ0v) is 31.5. The molecule has 14 heteroatoms. The lowest BCUT2D eigenvalue weighted by atomic mass is 10.1. The van der Waals surface area contributed by atoms with E-state index < -0.39 is 0 Å². The number of carbonyl (C=O) groups is 2. The van der Waals surface area contributed by atoms with Gasteiger partial charge in [0.25, 0.3) is 11.8 Å². The van der Waals surface area contributed by atoms with E-state index in [-0.39, 0.29) is 32.4 Å². The molecule has 294 valence electrons. The van der Waals surface area contributed by atoms with Crippen molar-refractivity contribution >= 4 is 33.9 Å². The molecular weight excluding hydrogens is 721 g/mol. The van der Waals surface area contributed by atoms with Crippen molar-refractivity contribution in [3.05, 3.63) is 108 Å². The Labute approximate surface area is 331 Å². The van der Waals surface area contributed by atoms with E-state index in [1.807, 2.05) is 79.8 Å². The number of nitrogens with zero attached hydrogens (tertiary/aromatic N) is 8. The number of ether oxygens (including phenoxy) is 1. The van der Waals surface area contributed by atoms with Crippen molar-refractivity contribution in [2.24, 2.45) is 14.1 Å². The van der Waals surface area contributed by atoms with Gasteiger partial charge >= 0.3 is 0 Å². The highest BCUT2D eigenvalue weighted by Crippen LogP contribution is 2.39. The predicted molar refractivity (Wildman–Crippen MR) is 225 cm³/mol. The van der Waals surface area contributed by atoms with Gasteiger partial charge in [-0.3, -0.25) is 19.0 Å². The standard InChI is InChI=1S/C21H21N5O2.C20H19N5O2.2CH4/c1-25(2)21(27)14-10-11-15-16(12-14)23-20(22-15)18-19(28-4)17(24-26(18)3)13-8-6-5-7-9-13;1-24(2)20(27)13-9-10-14-15(11-13)22-19(21-14)17-18(26)16(23-25(17)3)12-7-5-4-6-8-12;;/h5-12H,1-4H3,(H,22,23);4-11,26H,1-3H3,(H,21,22);2*1H4. The highest BCUT2D eigenvalue weighted by molar-refractivity contribution is 5.98. The average molecular weight is 769 g/mol. The minimum atomic E-state index is -0.0807. The third kappa shape index (κ3) is 7.83. The van der Waals surface area contributed by atoms with Crippen LogP contribution in [0.25, 0.3) is 67.6 Å². The molecule has 0 spiro atoms. The highest BCUT2D eigenvalue weighted by Gasteiger charge is 2.24. The quantitative estimate of drug-likeness (QED) is 0.149. The maximum atomic E-state index is 12.2. The van der Waals surface area contributed by atoms with Gasteiger partial charge in [0.05, 0.1) is 29.2 Å². The number of hydrogen-bond donors (Lipinski definition) is 3. The van der Waals surface area contributed by atoms with Gasteiger partial charge in [-0.1, -0.05) is 75.5 Å². The number of H-pyrrole nitrogens is 2.